The molecule has 0 bridgehead atoms. The second kappa shape index (κ2) is 11.0. The van der Waals surface area contributed by atoms with Gasteiger partial charge in [-0.25, -0.2) is 0 Å². The van der Waals surface area contributed by atoms with Crippen molar-refractivity contribution in [2.75, 3.05) is 13.2 Å². The van der Waals surface area contributed by atoms with E-state index < -0.39 is 0 Å². The first-order valence-corrected chi connectivity index (χ1v) is 8.18. The van der Waals surface area contributed by atoms with Gasteiger partial charge >= 0.3 is 0 Å². The van der Waals surface area contributed by atoms with Crippen molar-refractivity contribution in [3.8, 4) is 0 Å². The molecule has 0 radical (unpaired) electrons. The van der Waals surface area contributed by atoms with E-state index in [0.717, 1.165) is 39.3 Å². The molecule has 2 aromatic rings. The summed E-state index contributed by atoms with van der Waals surface area (Å²) in [7, 11) is 0. The predicted octanol–water partition coefficient (Wildman–Crippen LogP) is 4.98. The Kier molecular flexibility index (Phi) is 8.36. The molecule has 2 nitrogen and oxygen atoms in total. The minimum Gasteiger partial charge on any atom is -0.377 e. The van der Waals surface area contributed by atoms with Gasteiger partial charge in [-0.15, -0.1) is 0 Å². The van der Waals surface area contributed by atoms with E-state index in [4.69, 9.17) is 9.47 Å². The Balaban J connectivity index is 1.37. The molecule has 0 aliphatic carbocycles. The SMILES string of the molecule is c1ccc(COCCCCCCOCc2ccccc2)cc1. The Morgan fingerprint density at radius 3 is 1.32 bits per heavy atom. The smallest absolute Gasteiger partial charge is 0.0716 e. The largest absolute Gasteiger partial charge is 0.377 e. The van der Waals surface area contributed by atoms with Crippen molar-refractivity contribution in [3.05, 3.63) is 71.8 Å². The zero-order valence-electron chi connectivity index (χ0n) is 13.2. The third kappa shape index (κ3) is 7.39. The van der Waals surface area contributed by atoms with Crippen LogP contribution in [0.4, 0.5) is 0 Å². The molecule has 0 unspecified atom stereocenters. The van der Waals surface area contributed by atoms with Crippen LogP contribution in [0.3, 0.4) is 0 Å². The van der Waals surface area contributed by atoms with Crippen LogP contribution in [0, 0.1) is 0 Å². The molecule has 0 atom stereocenters. The molecule has 0 amide bonds. The Bertz CT molecular complexity index is 434. The zero-order valence-corrected chi connectivity index (χ0v) is 13.2. The summed E-state index contributed by atoms with van der Waals surface area (Å²) in [5.74, 6) is 0. The first kappa shape index (κ1) is 16.7. The molecule has 0 N–H and O–H groups in total. The summed E-state index contributed by atoms with van der Waals surface area (Å²) in [6.45, 7) is 3.14. The molecule has 0 saturated carbocycles. The van der Waals surface area contributed by atoms with Crippen molar-refractivity contribution >= 4 is 0 Å². The average molecular weight is 298 g/mol. The van der Waals surface area contributed by atoms with Gasteiger partial charge in [-0.1, -0.05) is 73.5 Å². The molecule has 0 fully saturated rings. The van der Waals surface area contributed by atoms with Gasteiger partial charge < -0.3 is 9.47 Å². The van der Waals surface area contributed by atoms with Crippen LogP contribution in [-0.4, -0.2) is 13.2 Å². The third-order valence-electron chi connectivity index (χ3n) is 3.55. The molecule has 0 aliphatic heterocycles. The lowest BCUT2D eigenvalue weighted by molar-refractivity contribution is 0.108. The zero-order chi connectivity index (χ0) is 15.3. The van der Waals surface area contributed by atoms with E-state index in [-0.39, 0.29) is 0 Å². The standard InChI is InChI=1S/C20H26O2/c1(9-15-21-17-19-11-5-3-6-12-19)2-10-16-22-18-20-13-7-4-8-14-20/h3-8,11-14H,1-2,9-10,15-18H2. The second-order valence-electron chi connectivity index (χ2n) is 5.49. The maximum absolute atomic E-state index is 5.67. The summed E-state index contributed by atoms with van der Waals surface area (Å²) in [5, 5.41) is 0. The molecule has 0 aliphatic rings. The number of hydrogen-bond acceptors (Lipinski definition) is 2. The molecule has 2 heteroatoms. The van der Waals surface area contributed by atoms with E-state index in [2.05, 4.69) is 24.3 Å². The van der Waals surface area contributed by atoms with Crippen molar-refractivity contribution in [3.63, 3.8) is 0 Å². The van der Waals surface area contributed by atoms with Gasteiger partial charge in [0, 0.05) is 13.2 Å². The first-order valence-electron chi connectivity index (χ1n) is 8.18. The van der Waals surface area contributed by atoms with Crippen molar-refractivity contribution in [2.45, 2.75) is 38.9 Å². The van der Waals surface area contributed by atoms with Crippen molar-refractivity contribution in [1.82, 2.24) is 0 Å². The molecule has 0 aromatic heterocycles. The van der Waals surface area contributed by atoms with Crippen LogP contribution in [0.15, 0.2) is 60.7 Å². The highest BCUT2D eigenvalue weighted by atomic mass is 16.5. The number of hydrogen-bond donors (Lipinski definition) is 0. The monoisotopic (exact) mass is 298 g/mol. The lowest BCUT2D eigenvalue weighted by Crippen LogP contribution is -1.97. The van der Waals surface area contributed by atoms with Gasteiger partial charge in [0.2, 0.25) is 0 Å². The number of unbranched alkanes of at least 4 members (excludes halogenated alkanes) is 3. The maximum atomic E-state index is 5.67. The van der Waals surface area contributed by atoms with Gasteiger partial charge in [-0.3, -0.25) is 0 Å². The third-order valence-corrected chi connectivity index (χ3v) is 3.55. The lowest BCUT2D eigenvalue weighted by atomic mass is 10.2. The van der Waals surface area contributed by atoms with Gasteiger partial charge in [0.15, 0.2) is 0 Å². The Labute approximate surface area is 134 Å². The van der Waals surface area contributed by atoms with Crippen molar-refractivity contribution < 1.29 is 9.47 Å². The Morgan fingerprint density at radius 2 is 0.909 bits per heavy atom. The van der Waals surface area contributed by atoms with Crippen LogP contribution in [-0.2, 0) is 22.7 Å². The van der Waals surface area contributed by atoms with Crippen LogP contribution in [0.2, 0.25) is 0 Å². The topological polar surface area (TPSA) is 18.5 Å². The van der Waals surface area contributed by atoms with Crippen LogP contribution in [0.25, 0.3) is 0 Å². The number of rotatable bonds is 11. The minimum absolute atomic E-state index is 0.723. The van der Waals surface area contributed by atoms with Gasteiger partial charge in [-0.05, 0) is 24.0 Å². The molecular weight excluding hydrogens is 272 g/mol. The fourth-order valence-electron chi connectivity index (χ4n) is 2.29. The average Bonchev–Trinajstić information content (AvgIpc) is 2.58. The molecule has 0 saturated heterocycles. The highest BCUT2D eigenvalue weighted by molar-refractivity contribution is 5.14. The van der Waals surface area contributed by atoms with E-state index in [9.17, 15) is 0 Å². The van der Waals surface area contributed by atoms with Gasteiger partial charge in [0.1, 0.15) is 0 Å². The Hall–Kier alpha value is -1.64. The molecule has 2 aromatic carbocycles. The maximum Gasteiger partial charge on any atom is 0.0716 e. The molecule has 22 heavy (non-hydrogen) atoms. The summed E-state index contributed by atoms with van der Waals surface area (Å²) in [4.78, 5) is 0. The molecule has 0 heterocycles. The second-order valence-corrected chi connectivity index (χ2v) is 5.49. The highest BCUT2D eigenvalue weighted by Crippen LogP contribution is 2.05. The number of ether oxygens (including phenoxy) is 2. The van der Waals surface area contributed by atoms with Gasteiger partial charge in [0.05, 0.1) is 13.2 Å². The normalized spacial score (nSPS) is 10.7. The summed E-state index contributed by atoms with van der Waals surface area (Å²) in [6.07, 6.45) is 4.68. The summed E-state index contributed by atoms with van der Waals surface area (Å²) in [6, 6.07) is 20.7. The van der Waals surface area contributed by atoms with Crippen molar-refractivity contribution in [1.29, 1.82) is 0 Å². The van der Waals surface area contributed by atoms with E-state index in [1.807, 2.05) is 36.4 Å². The van der Waals surface area contributed by atoms with Gasteiger partial charge in [-0.2, -0.15) is 0 Å². The van der Waals surface area contributed by atoms with Crippen LogP contribution in [0.1, 0.15) is 36.8 Å². The van der Waals surface area contributed by atoms with Crippen LogP contribution < -0.4 is 0 Å². The molecule has 118 valence electrons. The lowest BCUT2D eigenvalue weighted by Gasteiger charge is -2.06. The van der Waals surface area contributed by atoms with E-state index >= 15 is 0 Å². The molecular formula is C20H26O2. The predicted molar refractivity (Wildman–Crippen MR) is 90.7 cm³/mol. The fourth-order valence-corrected chi connectivity index (χ4v) is 2.29. The molecule has 0 spiro atoms. The minimum atomic E-state index is 0.723. The van der Waals surface area contributed by atoms with Crippen LogP contribution >= 0.6 is 0 Å². The number of benzene rings is 2. The first-order chi connectivity index (χ1) is 10.9. The highest BCUT2D eigenvalue weighted by Gasteiger charge is 1.95. The quantitative estimate of drug-likeness (QED) is 0.545. The van der Waals surface area contributed by atoms with E-state index in [1.165, 1.54) is 24.0 Å². The fraction of sp³-hybridized carbons (Fsp3) is 0.400. The molecule has 2 rings (SSSR count). The van der Waals surface area contributed by atoms with E-state index in [0.29, 0.717) is 0 Å². The van der Waals surface area contributed by atoms with E-state index in [1.54, 1.807) is 0 Å². The summed E-state index contributed by atoms with van der Waals surface area (Å²) < 4.78 is 11.3. The summed E-state index contributed by atoms with van der Waals surface area (Å²) >= 11 is 0. The van der Waals surface area contributed by atoms with Crippen molar-refractivity contribution in [2.24, 2.45) is 0 Å². The van der Waals surface area contributed by atoms with Crippen LogP contribution in [0.5, 0.6) is 0 Å². The summed E-state index contributed by atoms with van der Waals surface area (Å²) in [5.41, 5.74) is 2.49. The van der Waals surface area contributed by atoms with Gasteiger partial charge in [0.25, 0.3) is 0 Å². The Morgan fingerprint density at radius 1 is 0.500 bits per heavy atom.